The summed E-state index contributed by atoms with van der Waals surface area (Å²) in [4.78, 5) is 28.7. The van der Waals surface area contributed by atoms with Gasteiger partial charge in [0, 0.05) is 49.5 Å². The topological polar surface area (TPSA) is 52.7 Å². The number of carbonyl (C=O) groups excluding carboxylic acids is 2. The minimum Gasteiger partial charge on any atom is -0.368 e. The van der Waals surface area contributed by atoms with Crippen LogP contribution in [0.1, 0.15) is 36.5 Å². The molecule has 0 atom stereocenters. The second-order valence-electron chi connectivity index (χ2n) is 6.84. The molecule has 1 saturated heterocycles. The summed E-state index contributed by atoms with van der Waals surface area (Å²) < 4.78 is 0. The van der Waals surface area contributed by atoms with Crippen LogP contribution < -0.4 is 10.2 Å². The van der Waals surface area contributed by atoms with Crippen LogP contribution in [0.25, 0.3) is 0 Å². The first-order valence-corrected chi connectivity index (χ1v) is 9.66. The van der Waals surface area contributed by atoms with E-state index in [1.807, 2.05) is 23.1 Å². The van der Waals surface area contributed by atoms with Gasteiger partial charge in [0.1, 0.15) is 0 Å². The molecule has 2 aromatic rings. The number of piperazine rings is 1. The van der Waals surface area contributed by atoms with Gasteiger partial charge in [0.25, 0.3) is 5.91 Å². The fourth-order valence-corrected chi connectivity index (χ4v) is 3.25. The van der Waals surface area contributed by atoms with Gasteiger partial charge in [-0.05, 0) is 42.8 Å². The van der Waals surface area contributed by atoms with Crippen LogP contribution in [0.15, 0.2) is 54.6 Å². The lowest BCUT2D eigenvalue weighted by Crippen LogP contribution is -2.48. The molecule has 1 fully saturated rings. The molecule has 27 heavy (non-hydrogen) atoms. The van der Waals surface area contributed by atoms with Crippen LogP contribution in [0, 0.1) is 0 Å². The second kappa shape index (κ2) is 9.21. The molecule has 5 heteroatoms. The summed E-state index contributed by atoms with van der Waals surface area (Å²) in [5, 5.41) is 2.88. The maximum atomic E-state index is 12.7. The highest BCUT2D eigenvalue weighted by atomic mass is 16.2. The van der Waals surface area contributed by atoms with Gasteiger partial charge in [-0.15, -0.1) is 0 Å². The smallest absolute Gasteiger partial charge is 0.253 e. The van der Waals surface area contributed by atoms with Crippen LogP contribution >= 0.6 is 0 Å². The van der Waals surface area contributed by atoms with E-state index in [4.69, 9.17) is 0 Å². The molecule has 1 aliphatic rings. The van der Waals surface area contributed by atoms with E-state index >= 15 is 0 Å². The van der Waals surface area contributed by atoms with Gasteiger partial charge in [-0.3, -0.25) is 9.59 Å². The average molecular weight is 365 g/mol. The van der Waals surface area contributed by atoms with Crippen molar-refractivity contribution in [2.24, 2.45) is 0 Å². The highest BCUT2D eigenvalue weighted by Crippen LogP contribution is 2.18. The fraction of sp³-hybridized carbons (Fsp3) is 0.364. The molecule has 0 radical (unpaired) electrons. The molecular formula is C22H27N3O2. The Hall–Kier alpha value is -2.82. The van der Waals surface area contributed by atoms with E-state index < -0.39 is 0 Å². The number of benzene rings is 2. The molecule has 5 nitrogen and oxygen atoms in total. The Morgan fingerprint density at radius 2 is 1.59 bits per heavy atom. The Morgan fingerprint density at radius 3 is 2.22 bits per heavy atom. The summed E-state index contributed by atoms with van der Waals surface area (Å²) in [6, 6.07) is 17.5. The first-order chi connectivity index (χ1) is 13.2. The molecule has 1 aliphatic heterocycles. The van der Waals surface area contributed by atoms with E-state index in [0.717, 1.165) is 31.6 Å². The largest absolute Gasteiger partial charge is 0.368 e. The normalized spacial score (nSPS) is 14.1. The zero-order valence-electron chi connectivity index (χ0n) is 15.9. The van der Waals surface area contributed by atoms with Crippen LogP contribution in [0.5, 0.6) is 0 Å². The standard InChI is InChI=1S/C22H27N3O2/c1-2-3-9-21(26)23-19-12-10-18(11-13-19)22(27)25-16-14-24(15-17-25)20-7-5-4-6-8-20/h4-8,10-13H,2-3,9,14-17H2,1H3,(H,23,26). The van der Waals surface area contributed by atoms with E-state index in [0.29, 0.717) is 25.1 Å². The lowest BCUT2D eigenvalue weighted by atomic mass is 10.1. The van der Waals surface area contributed by atoms with Crippen molar-refractivity contribution in [2.75, 3.05) is 36.4 Å². The summed E-state index contributed by atoms with van der Waals surface area (Å²) in [6.45, 7) is 5.16. The van der Waals surface area contributed by atoms with Crippen LogP contribution in [0.4, 0.5) is 11.4 Å². The molecule has 2 aromatic carbocycles. The maximum Gasteiger partial charge on any atom is 0.253 e. The summed E-state index contributed by atoms with van der Waals surface area (Å²) in [6.07, 6.45) is 2.42. The summed E-state index contributed by atoms with van der Waals surface area (Å²) in [5.74, 6) is 0.0690. The molecule has 3 rings (SSSR count). The number of anilines is 2. The third-order valence-electron chi connectivity index (χ3n) is 4.86. The number of nitrogens with zero attached hydrogens (tertiary/aromatic N) is 2. The minimum atomic E-state index is 0.0213. The van der Waals surface area contributed by atoms with Crippen molar-refractivity contribution in [1.82, 2.24) is 4.90 Å². The molecule has 0 aromatic heterocycles. The molecule has 0 bridgehead atoms. The predicted molar refractivity (Wildman–Crippen MR) is 109 cm³/mol. The van der Waals surface area contributed by atoms with E-state index in [1.165, 1.54) is 5.69 Å². The summed E-state index contributed by atoms with van der Waals surface area (Å²) in [7, 11) is 0. The number of hydrogen-bond donors (Lipinski definition) is 1. The zero-order chi connectivity index (χ0) is 19.1. The second-order valence-corrected chi connectivity index (χ2v) is 6.84. The van der Waals surface area contributed by atoms with Crippen molar-refractivity contribution in [2.45, 2.75) is 26.2 Å². The van der Waals surface area contributed by atoms with Gasteiger partial charge in [-0.25, -0.2) is 0 Å². The van der Waals surface area contributed by atoms with Crippen LogP contribution in [-0.2, 0) is 4.79 Å². The first-order valence-electron chi connectivity index (χ1n) is 9.66. The average Bonchev–Trinajstić information content (AvgIpc) is 2.73. The van der Waals surface area contributed by atoms with Crippen molar-refractivity contribution in [3.63, 3.8) is 0 Å². The van der Waals surface area contributed by atoms with E-state index in [9.17, 15) is 9.59 Å². The number of amides is 2. The molecule has 0 spiro atoms. The monoisotopic (exact) mass is 365 g/mol. The third-order valence-corrected chi connectivity index (χ3v) is 4.86. The Morgan fingerprint density at radius 1 is 0.926 bits per heavy atom. The molecule has 0 aliphatic carbocycles. The lowest BCUT2D eigenvalue weighted by Gasteiger charge is -2.36. The number of carbonyl (C=O) groups is 2. The lowest BCUT2D eigenvalue weighted by molar-refractivity contribution is -0.116. The Bertz CT molecular complexity index is 751. The van der Waals surface area contributed by atoms with Crippen LogP contribution in [-0.4, -0.2) is 42.9 Å². The van der Waals surface area contributed by atoms with Gasteiger partial charge in [0.15, 0.2) is 0 Å². The molecule has 2 amide bonds. The zero-order valence-corrected chi connectivity index (χ0v) is 15.9. The van der Waals surface area contributed by atoms with Crippen molar-refractivity contribution in [1.29, 1.82) is 0 Å². The summed E-state index contributed by atoms with van der Waals surface area (Å²) >= 11 is 0. The van der Waals surface area contributed by atoms with E-state index in [1.54, 1.807) is 24.3 Å². The van der Waals surface area contributed by atoms with E-state index in [-0.39, 0.29) is 11.8 Å². The van der Waals surface area contributed by atoms with Gasteiger partial charge in [-0.2, -0.15) is 0 Å². The van der Waals surface area contributed by atoms with Crippen molar-refractivity contribution >= 4 is 23.2 Å². The predicted octanol–water partition coefficient (Wildman–Crippen LogP) is 3.78. The molecular weight excluding hydrogens is 338 g/mol. The van der Waals surface area contributed by atoms with Crippen LogP contribution in [0.3, 0.4) is 0 Å². The highest BCUT2D eigenvalue weighted by Gasteiger charge is 2.22. The first kappa shape index (κ1) is 19.0. The molecule has 1 heterocycles. The quantitative estimate of drug-likeness (QED) is 0.848. The van der Waals surface area contributed by atoms with Gasteiger partial charge in [0.2, 0.25) is 5.91 Å². The Balaban J connectivity index is 1.53. The molecule has 142 valence electrons. The number of para-hydroxylation sites is 1. The number of rotatable bonds is 6. The fourth-order valence-electron chi connectivity index (χ4n) is 3.25. The summed E-state index contributed by atoms with van der Waals surface area (Å²) in [5.41, 5.74) is 2.60. The number of nitrogens with one attached hydrogen (secondary N) is 1. The van der Waals surface area contributed by atoms with Gasteiger partial charge >= 0.3 is 0 Å². The molecule has 0 saturated carbocycles. The maximum absolute atomic E-state index is 12.7. The Kier molecular flexibility index (Phi) is 6.47. The van der Waals surface area contributed by atoms with Crippen molar-refractivity contribution in [3.8, 4) is 0 Å². The van der Waals surface area contributed by atoms with Gasteiger partial charge < -0.3 is 15.1 Å². The van der Waals surface area contributed by atoms with Crippen LogP contribution in [0.2, 0.25) is 0 Å². The van der Waals surface area contributed by atoms with Crippen molar-refractivity contribution < 1.29 is 9.59 Å². The van der Waals surface area contributed by atoms with E-state index in [2.05, 4.69) is 29.3 Å². The molecule has 0 unspecified atom stereocenters. The number of unbranched alkanes of at least 4 members (excludes halogenated alkanes) is 1. The Labute approximate surface area is 161 Å². The number of hydrogen-bond acceptors (Lipinski definition) is 3. The SMILES string of the molecule is CCCCC(=O)Nc1ccc(C(=O)N2CCN(c3ccccc3)CC2)cc1. The molecule has 1 N–H and O–H groups in total. The van der Waals surface area contributed by atoms with Gasteiger partial charge in [0.05, 0.1) is 0 Å². The highest BCUT2D eigenvalue weighted by molar-refractivity contribution is 5.96. The minimum absolute atomic E-state index is 0.0213. The third kappa shape index (κ3) is 5.09. The van der Waals surface area contributed by atoms with Crippen molar-refractivity contribution in [3.05, 3.63) is 60.2 Å². The van der Waals surface area contributed by atoms with Gasteiger partial charge in [-0.1, -0.05) is 31.5 Å².